The van der Waals surface area contributed by atoms with Crippen LogP contribution in [0, 0.1) is 0 Å². The summed E-state index contributed by atoms with van der Waals surface area (Å²) in [7, 11) is 1.73. The maximum Gasteiger partial charge on any atom is 0.316 e. The molecule has 6 heteroatoms. The maximum atomic E-state index is 10.1. The van der Waals surface area contributed by atoms with Crippen molar-refractivity contribution in [3.05, 3.63) is 18.0 Å². The molecule has 0 spiro atoms. The molecule has 92 valence electrons. The zero-order valence-corrected chi connectivity index (χ0v) is 10.0. The van der Waals surface area contributed by atoms with E-state index in [9.17, 15) is 4.79 Å². The van der Waals surface area contributed by atoms with Crippen LogP contribution < -0.4 is 10.2 Å². The number of unbranched alkanes of at least 4 members (excludes halogenated alkanes) is 1. The fourth-order valence-corrected chi connectivity index (χ4v) is 1.14. The average molecular weight is 236 g/mol. The lowest BCUT2D eigenvalue weighted by molar-refractivity contribution is -0.108. The van der Waals surface area contributed by atoms with Crippen LogP contribution in [0.3, 0.4) is 0 Å². The van der Waals surface area contributed by atoms with E-state index >= 15 is 0 Å². The second-order valence-electron chi connectivity index (χ2n) is 3.33. The largest absolute Gasteiger partial charge is 0.463 e. The van der Waals surface area contributed by atoms with Crippen molar-refractivity contribution in [1.29, 1.82) is 0 Å². The molecule has 17 heavy (non-hydrogen) atoms. The molecule has 1 N–H and O–H groups in total. The Labute approximate surface area is 100 Å². The predicted octanol–water partition coefficient (Wildman–Crippen LogP) is 0.778. The lowest BCUT2D eigenvalue weighted by Gasteiger charge is -2.03. The van der Waals surface area contributed by atoms with E-state index in [1.54, 1.807) is 19.4 Å². The monoisotopic (exact) mass is 236 g/mol. The van der Waals surface area contributed by atoms with Crippen molar-refractivity contribution >= 4 is 12.0 Å². The summed E-state index contributed by atoms with van der Waals surface area (Å²) in [6, 6.07) is 0.317. The van der Waals surface area contributed by atoms with Crippen LogP contribution in [0.2, 0.25) is 0 Å². The van der Waals surface area contributed by atoms with Crippen LogP contribution in [0.25, 0.3) is 0 Å². The Kier molecular flexibility index (Phi) is 5.63. The lowest BCUT2D eigenvalue weighted by Crippen LogP contribution is -2.06. The number of nitrogens with zero attached hydrogens (tertiary/aromatic N) is 3. The molecule has 0 radical (unpaired) electrons. The molecular formula is C11H16N4O2. The Morgan fingerprint density at radius 1 is 1.53 bits per heavy atom. The fourth-order valence-electron chi connectivity index (χ4n) is 1.14. The van der Waals surface area contributed by atoms with Crippen LogP contribution in [0.5, 0.6) is 6.01 Å². The smallest absolute Gasteiger partial charge is 0.316 e. The first-order valence-electron chi connectivity index (χ1n) is 5.37. The van der Waals surface area contributed by atoms with E-state index in [1.165, 1.54) is 0 Å². The number of carbonyl (C=O) groups is 1. The highest BCUT2D eigenvalue weighted by Gasteiger charge is 2.01. The van der Waals surface area contributed by atoms with Crippen molar-refractivity contribution in [3.8, 4) is 6.01 Å². The Balaban J connectivity index is 2.50. The molecule has 0 aromatic carbocycles. The Morgan fingerprint density at radius 3 is 2.82 bits per heavy atom. The van der Waals surface area contributed by atoms with Gasteiger partial charge in [0.05, 0.1) is 12.3 Å². The fraction of sp³-hybridized carbons (Fsp3) is 0.455. The van der Waals surface area contributed by atoms with Crippen LogP contribution in [-0.2, 0) is 4.79 Å². The molecule has 0 saturated carbocycles. The van der Waals surface area contributed by atoms with Crippen molar-refractivity contribution in [1.82, 2.24) is 15.4 Å². The van der Waals surface area contributed by atoms with Crippen molar-refractivity contribution in [2.45, 2.75) is 19.8 Å². The highest BCUT2D eigenvalue weighted by molar-refractivity contribution is 5.97. The van der Waals surface area contributed by atoms with Gasteiger partial charge in [0.1, 0.15) is 6.29 Å². The number of rotatable bonds is 7. The number of hydrazone groups is 1. The molecule has 0 amide bonds. The zero-order chi connectivity index (χ0) is 12.5. The van der Waals surface area contributed by atoms with Gasteiger partial charge in [0.25, 0.3) is 0 Å². The van der Waals surface area contributed by atoms with Crippen molar-refractivity contribution in [2.75, 3.05) is 13.7 Å². The van der Waals surface area contributed by atoms with Gasteiger partial charge in [-0.1, -0.05) is 0 Å². The Morgan fingerprint density at radius 2 is 2.24 bits per heavy atom. The molecule has 1 aromatic heterocycles. The molecule has 1 aromatic rings. The van der Waals surface area contributed by atoms with Crippen LogP contribution >= 0.6 is 0 Å². The van der Waals surface area contributed by atoms with Gasteiger partial charge in [-0.3, -0.25) is 0 Å². The zero-order valence-electron chi connectivity index (χ0n) is 10.0. The summed E-state index contributed by atoms with van der Waals surface area (Å²) in [6.45, 7) is 2.31. The summed E-state index contributed by atoms with van der Waals surface area (Å²) in [5.41, 5.74) is 4.34. The second-order valence-corrected chi connectivity index (χ2v) is 3.33. The van der Waals surface area contributed by atoms with Crippen molar-refractivity contribution < 1.29 is 9.53 Å². The van der Waals surface area contributed by atoms with Gasteiger partial charge >= 0.3 is 6.01 Å². The standard InChI is InChI=1S/C11H16N4O2/c1-9(15-12-2)10-7-13-11(14-8-10)17-6-4-3-5-16/h5,7-8,12H,3-4,6H2,1-2H3/b15-9+. The van der Waals surface area contributed by atoms with Gasteiger partial charge in [0.15, 0.2) is 0 Å². The van der Waals surface area contributed by atoms with E-state index in [1.807, 2.05) is 6.92 Å². The summed E-state index contributed by atoms with van der Waals surface area (Å²) < 4.78 is 5.27. The number of hydrogen-bond acceptors (Lipinski definition) is 6. The lowest BCUT2D eigenvalue weighted by atomic mass is 10.2. The van der Waals surface area contributed by atoms with Gasteiger partial charge in [-0.05, 0) is 13.3 Å². The molecule has 0 fully saturated rings. The molecule has 0 unspecified atom stereocenters. The molecule has 0 saturated heterocycles. The maximum absolute atomic E-state index is 10.1. The van der Waals surface area contributed by atoms with Gasteiger partial charge in [-0.2, -0.15) is 5.10 Å². The van der Waals surface area contributed by atoms with Gasteiger partial charge < -0.3 is 15.0 Å². The Bertz CT molecular complexity index is 376. The SMILES string of the molecule is CN/N=C(\C)c1cnc(OCCCC=O)nc1. The number of ether oxygens (including phenoxy) is 1. The van der Waals surface area contributed by atoms with Crippen LogP contribution in [0.1, 0.15) is 25.3 Å². The third kappa shape index (κ3) is 4.58. The number of aldehydes is 1. The molecule has 0 bridgehead atoms. The van der Waals surface area contributed by atoms with E-state index in [4.69, 9.17) is 4.74 Å². The minimum absolute atomic E-state index is 0.317. The summed E-state index contributed by atoms with van der Waals surface area (Å²) in [5, 5.41) is 4.02. The first kappa shape index (κ1) is 13.1. The van der Waals surface area contributed by atoms with E-state index in [2.05, 4.69) is 20.5 Å². The summed E-state index contributed by atoms with van der Waals surface area (Å²) in [5.74, 6) is 0. The molecule has 6 nitrogen and oxygen atoms in total. The van der Waals surface area contributed by atoms with Crippen LogP contribution in [0.15, 0.2) is 17.5 Å². The summed E-state index contributed by atoms with van der Waals surface area (Å²) >= 11 is 0. The van der Waals surface area contributed by atoms with E-state index in [-0.39, 0.29) is 0 Å². The third-order valence-electron chi connectivity index (χ3n) is 2.02. The van der Waals surface area contributed by atoms with E-state index in [0.717, 1.165) is 17.6 Å². The molecule has 1 heterocycles. The molecular weight excluding hydrogens is 220 g/mol. The molecule has 0 aliphatic carbocycles. The average Bonchev–Trinajstić information content (AvgIpc) is 2.36. The summed E-state index contributed by atoms with van der Waals surface area (Å²) in [4.78, 5) is 18.2. The number of aromatic nitrogens is 2. The predicted molar refractivity (Wildman–Crippen MR) is 64.1 cm³/mol. The number of carbonyl (C=O) groups excluding carboxylic acids is 1. The summed E-state index contributed by atoms with van der Waals surface area (Å²) in [6.07, 6.45) is 5.34. The molecule has 1 rings (SSSR count). The molecule has 0 aliphatic heterocycles. The number of nitrogens with one attached hydrogen (secondary N) is 1. The van der Waals surface area contributed by atoms with Crippen LogP contribution in [-0.4, -0.2) is 35.6 Å². The second kappa shape index (κ2) is 7.32. The quantitative estimate of drug-likeness (QED) is 0.327. The normalized spacial score (nSPS) is 11.1. The minimum atomic E-state index is 0.317. The Hall–Kier alpha value is -1.98. The van der Waals surface area contributed by atoms with E-state index < -0.39 is 0 Å². The third-order valence-corrected chi connectivity index (χ3v) is 2.02. The molecule has 0 atom stereocenters. The van der Waals surface area contributed by atoms with Gasteiger partial charge in [-0.25, -0.2) is 9.97 Å². The van der Waals surface area contributed by atoms with Crippen molar-refractivity contribution in [3.63, 3.8) is 0 Å². The number of hydrogen-bond donors (Lipinski definition) is 1. The topological polar surface area (TPSA) is 76.5 Å². The van der Waals surface area contributed by atoms with Gasteiger partial charge in [0.2, 0.25) is 0 Å². The van der Waals surface area contributed by atoms with Crippen molar-refractivity contribution in [2.24, 2.45) is 5.10 Å². The highest BCUT2D eigenvalue weighted by atomic mass is 16.5. The van der Waals surface area contributed by atoms with Gasteiger partial charge in [-0.15, -0.1) is 0 Å². The molecule has 0 aliphatic rings. The van der Waals surface area contributed by atoms with Gasteiger partial charge in [0, 0.05) is 31.4 Å². The minimum Gasteiger partial charge on any atom is -0.463 e. The highest BCUT2D eigenvalue weighted by Crippen LogP contribution is 2.04. The first-order chi connectivity index (χ1) is 8.27. The van der Waals surface area contributed by atoms with Crippen LogP contribution in [0.4, 0.5) is 0 Å². The van der Waals surface area contributed by atoms with E-state index in [0.29, 0.717) is 25.5 Å². The first-order valence-corrected chi connectivity index (χ1v) is 5.37.